The SMILES string of the molecule is COCCOc1ccc(CN=C(N)Nc2ccc(OC)cc2)cc1.I. The van der Waals surface area contributed by atoms with Crippen molar-refractivity contribution in [2.45, 2.75) is 6.54 Å². The van der Waals surface area contributed by atoms with Crippen LogP contribution < -0.4 is 20.5 Å². The molecular weight excluding hydrogens is 433 g/mol. The second kappa shape index (κ2) is 11.5. The van der Waals surface area contributed by atoms with Crippen molar-refractivity contribution >= 4 is 35.6 Å². The lowest BCUT2D eigenvalue weighted by atomic mass is 10.2. The standard InChI is InChI=1S/C18H23N3O3.HI/c1-22-11-12-24-17-7-3-14(4-8-17)13-20-18(19)21-15-5-9-16(23-2)10-6-15;/h3-10H,11-13H2,1-2H3,(H3,19,20,21);1H. The summed E-state index contributed by atoms with van der Waals surface area (Å²) in [6, 6.07) is 15.2. The number of ether oxygens (including phenoxy) is 3. The van der Waals surface area contributed by atoms with E-state index in [1.54, 1.807) is 14.2 Å². The van der Waals surface area contributed by atoms with E-state index in [2.05, 4.69) is 10.3 Å². The normalized spacial score (nSPS) is 10.7. The van der Waals surface area contributed by atoms with Crippen LogP contribution in [-0.2, 0) is 11.3 Å². The predicted molar refractivity (Wildman–Crippen MR) is 111 cm³/mol. The van der Waals surface area contributed by atoms with Gasteiger partial charge < -0.3 is 25.3 Å². The van der Waals surface area contributed by atoms with Crippen molar-refractivity contribution < 1.29 is 14.2 Å². The third kappa shape index (κ3) is 7.61. The fourth-order valence-corrected chi connectivity index (χ4v) is 1.97. The number of anilines is 1. The molecule has 0 amide bonds. The van der Waals surface area contributed by atoms with Crippen LogP contribution >= 0.6 is 24.0 Å². The van der Waals surface area contributed by atoms with Crippen molar-refractivity contribution in [3.8, 4) is 11.5 Å². The number of methoxy groups -OCH3 is 2. The highest BCUT2D eigenvalue weighted by atomic mass is 127. The smallest absolute Gasteiger partial charge is 0.193 e. The molecule has 0 spiro atoms. The van der Waals surface area contributed by atoms with Gasteiger partial charge in [0.25, 0.3) is 0 Å². The summed E-state index contributed by atoms with van der Waals surface area (Å²) in [7, 11) is 3.28. The number of aliphatic imine (C=N–C) groups is 1. The molecule has 3 N–H and O–H groups in total. The van der Waals surface area contributed by atoms with Gasteiger partial charge >= 0.3 is 0 Å². The van der Waals surface area contributed by atoms with Crippen LogP contribution in [0, 0.1) is 0 Å². The Morgan fingerprint density at radius 2 is 1.60 bits per heavy atom. The van der Waals surface area contributed by atoms with E-state index < -0.39 is 0 Å². The van der Waals surface area contributed by atoms with Gasteiger partial charge in [-0.1, -0.05) is 12.1 Å². The molecule has 0 bridgehead atoms. The molecule has 0 aliphatic carbocycles. The molecule has 6 nitrogen and oxygen atoms in total. The lowest BCUT2D eigenvalue weighted by molar-refractivity contribution is 0.146. The summed E-state index contributed by atoms with van der Waals surface area (Å²) >= 11 is 0. The van der Waals surface area contributed by atoms with E-state index in [1.807, 2.05) is 48.5 Å². The summed E-state index contributed by atoms with van der Waals surface area (Å²) in [6.45, 7) is 1.60. The average molecular weight is 457 g/mol. The third-order valence-corrected chi connectivity index (χ3v) is 3.27. The minimum atomic E-state index is 0. The predicted octanol–water partition coefficient (Wildman–Crippen LogP) is 3.27. The molecule has 0 aliphatic heterocycles. The molecule has 136 valence electrons. The second-order valence-electron chi connectivity index (χ2n) is 5.04. The molecule has 2 aromatic carbocycles. The van der Waals surface area contributed by atoms with Gasteiger partial charge in [0, 0.05) is 12.8 Å². The molecule has 0 saturated carbocycles. The Morgan fingerprint density at radius 3 is 2.20 bits per heavy atom. The molecule has 0 radical (unpaired) electrons. The maximum absolute atomic E-state index is 5.90. The van der Waals surface area contributed by atoms with Crippen molar-refractivity contribution in [2.75, 3.05) is 32.8 Å². The van der Waals surface area contributed by atoms with E-state index in [0.717, 1.165) is 22.7 Å². The average Bonchev–Trinajstić information content (AvgIpc) is 2.62. The Bertz CT molecular complexity index is 646. The first-order chi connectivity index (χ1) is 11.7. The number of nitrogens with two attached hydrogens (primary N) is 1. The van der Waals surface area contributed by atoms with Gasteiger partial charge in [-0.15, -0.1) is 24.0 Å². The van der Waals surface area contributed by atoms with Crippen molar-refractivity contribution in [1.29, 1.82) is 0 Å². The Hall–Kier alpha value is -2.00. The summed E-state index contributed by atoms with van der Waals surface area (Å²) in [4.78, 5) is 4.33. The maximum Gasteiger partial charge on any atom is 0.193 e. The van der Waals surface area contributed by atoms with Crippen molar-refractivity contribution in [3.05, 3.63) is 54.1 Å². The van der Waals surface area contributed by atoms with Gasteiger partial charge in [0.05, 0.1) is 20.3 Å². The largest absolute Gasteiger partial charge is 0.497 e. The topological polar surface area (TPSA) is 78.1 Å². The van der Waals surface area contributed by atoms with Crippen LogP contribution in [0.3, 0.4) is 0 Å². The summed E-state index contributed by atoms with van der Waals surface area (Å²) in [5.41, 5.74) is 7.81. The highest BCUT2D eigenvalue weighted by Crippen LogP contribution is 2.15. The van der Waals surface area contributed by atoms with Gasteiger partial charge in [-0.25, -0.2) is 4.99 Å². The fraction of sp³-hybridized carbons (Fsp3) is 0.278. The molecule has 0 fully saturated rings. The number of halogens is 1. The van der Waals surface area contributed by atoms with Crippen LogP contribution in [0.1, 0.15) is 5.56 Å². The molecule has 0 heterocycles. The number of rotatable bonds is 8. The molecule has 0 aliphatic rings. The molecule has 0 unspecified atom stereocenters. The Kier molecular flexibility index (Phi) is 9.71. The van der Waals surface area contributed by atoms with E-state index in [9.17, 15) is 0 Å². The molecule has 7 heteroatoms. The Labute approximate surface area is 165 Å². The van der Waals surface area contributed by atoms with Gasteiger partial charge in [-0.05, 0) is 42.0 Å². The molecule has 0 saturated heterocycles. The third-order valence-electron chi connectivity index (χ3n) is 3.27. The lowest BCUT2D eigenvalue weighted by Gasteiger charge is -2.07. The first kappa shape index (κ1) is 21.0. The maximum atomic E-state index is 5.90. The van der Waals surface area contributed by atoms with Gasteiger partial charge in [-0.3, -0.25) is 0 Å². The van der Waals surface area contributed by atoms with Crippen LogP contribution in [0.15, 0.2) is 53.5 Å². The minimum Gasteiger partial charge on any atom is -0.497 e. The number of benzene rings is 2. The van der Waals surface area contributed by atoms with Crippen molar-refractivity contribution in [1.82, 2.24) is 0 Å². The van der Waals surface area contributed by atoms with Gasteiger partial charge in [0.1, 0.15) is 18.1 Å². The minimum absolute atomic E-state index is 0. The number of hydrogen-bond donors (Lipinski definition) is 2. The zero-order valence-corrected chi connectivity index (χ0v) is 16.7. The zero-order valence-electron chi connectivity index (χ0n) is 14.4. The lowest BCUT2D eigenvalue weighted by Crippen LogP contribution is -2.22. The first-order valence-corrected chi connectivity index (χ1v) is 7.63. The van der Waals surface area contributed by atoms with Crippen molar-refractivity contribution in [3.63, 3.8) is 0 Å². The molecular formula is C18H24IN3O3. The number of nitrogens with zero attached hydrogens (tertiary/aromatic N) is 1. The van der Waals surface area contributed by atoms with E-state index in [-0.39, 0.29) is 24.0 Å². The quantitative estimate of drug-likeness (QED) is 0.276. The van der Waals surface area contributed by atoms with E-state index in [4.69, 9.17) is 19.9 Å². The van der Waals surface area contributed by atoms with Crippen LogP contribution in [-0.4, -0.2) is 33.4 Å². The van der Waals surface area contributed by atoms with Gasteiger partial charge in [-0.2, -0.15) is 0 Å². The molecule has 0 aromatic heterocycles. The number of hydrogen-bond acceptors (Lipinski definition) is 4. The monoisotopic (exact) mass is 457 g/mol. The van der Waals surface area contributed by atoms with Gasteiger partial charge in [0.15, 0.2) is 5.96 Å². The highest BCUT2D eigenvalue weighted by molar-refractivity contribution is 14.0. The highest BCUT2D eigenvalue weighted by Gasteiger charge is 1.98. The van der Waals surface area contributed by atoms with Crippen molar-refractivity contribution in [2.24, 2.45) is 10.7 Å². The summed E-state index contributed by atoms with van der Waals surface area (Å²) in [5, 5.41) is 3.04. The fourth-order valence-electron chi connectivity index (χ4n) is 1.97. The summed E-state index contributed by atoms with van der Waals surface area (Å²) < 4.78 is 15.6. The molecule has 0 atom stereocenters. The van der Waals surface area contributed by atoms with E-state index in [1.165, 1.54) is 0 Å². The number of guanidine groups is 1. The molecule has 2 aromatic rings. The van der Waals surface area contributed by atoms with Crippen LogP contribution in [0.2, 0.25) is 0 Å². The van der Waals surface area contributed by atoms with E-state index >= 15 is 0 Å². The Balaban J connectivity index is 0.00000312. The van der Waals surface area contributed by atoms with Gasteiger partial charge in [0.2, 0.25) is 0 Å². The number of nitrogens with one attached hydrogen (secondary N) is 1. The summed E-state index contributed by atoms with van der Waals surface area (Å²) in [5.74, 6) is 1.97. The van der Waals surface area contributed by atoms with Crippen LogP contribution in [0.4, 0.5) is 5.69 Å². The zero-order chi connectivity index (χ0) is 17.2. The molecule has 2 rings (SSSR count). The Morgan fingerprint density at radius 1 is 0.960 bits per heavy atom. The summed E-state index contributed by atoms with van der Waals surface area (Å²) in [6.07, 6.45) is 0. The van der Waals surface area contributed by atoms with E-state index in [0.29, 0.717) is 25.7 Å². The second-order valence-corrected chi connectivity index (χ2v) is 5.04. The first-order valence-electron chi connectivity index (χ1n) is 7.63. The molecule has 25 heavy (non-hydrogen) atoms. The van der Waals surface area contributed by atoms with Crippen LogP contribution in [0.25, 0.3) is 0 Å². The van der Waals surface area contributed by atoms with Crippen LogP contribution in [0.5, 0.6) is 11.5 Å².